The number of rotatable bonds is 4. The lowest BCUT2D eigenvalue weighted by Gasteiger charge is -2.17. The summed E-state index contributed by atoms with van der Waals surface area (Å²) in [7, 11) is 0. The molecular weight excluding hydrogens is 308 g/mol. The summed E-state index contributed by atoms with van der Waals surface area (Å²) in [6, 6.07) is 9.15. The first-order chi connectivity index (χ1) is 11.5. The molecule has 0 unspecified atom stereocenters. The van der Waals surface area contributed by atoms with E-state index in [0.717, 1.165) is 13.0 Å². The molecule has 0 saturated carbocycles. The first kappa shape index (κ1) is 17.5. The van der Waals surface area contributed by atoms with Crippen molar-refractivity contribution >= 4 is 24.4 Å². The molecule has 1 heterocycles. The highest BCUT2D eigenvalue weighted by molar-refractivity contribution is 5.89. The maximum absolute atomic E-state index is 9.55. The largest absolute Gasteiger partial charge is 0.478 e. The van der Waals surface area contributed by atoms with Crippen LogP contribution in [0.2, 0.25) is 0 Å². The monoisotopic (exact) mass is 328 g/mol. The normalized spacial score (nSPS) is 18.2. The number of carbonyl (C=O) groups is 2. The molecule has 0 amide bonds. The van der Waals surface area contributed by atoms with Gasteiger partial charge in [0.05, 0.1) is 12.4 Å². The van der Waals surface area contributed by atoms with Crippen LogP contribution in [0.25, 0.3) is 6.08 Å². The van der Waals surface area contributed by atoms with Gasteiger partial charge in [-0.05, 0) is 30.4 Å². The summed E-state index contributed by atoms with van der Waals surface area (Å²) in [5.74, 6) is -2.51. The second kappa shape index (κ2) is 8.67. The van der Waals surface area contributed by atoms with Crippen LogP contribution in [0.15, 0.2) is 47.0 Å². The van der Waals surface area contributed by atoms with Gasteiger partial charge in [0.1, 0.15) is 0 Å². The van der Waals surface area contributed by atoms with E-state index >= 15 is 0 Å². The lowest BCUT2D eigenvalue weighted by Crippen LogP contribution is -2.16. The molecule has 1 aromatic carbocycles. The lowest BCUT2D eigenvalue weighted by molar-refractivity contribution is -0.134. The molecule has 0 saturated heterocycles. The number of aliphatic carboxylic acids is 2. The standard InChI is InChI=1S/C14H16N2.C4H4O4/c1-2-4-13-7-11(5-6-12(13)3-1)8-14-9-15-10-16-14;5-3(6)1-2-4(7)8/h1-4,7,10,14H,5-6,8-9H2,(H,15,16);1-2H,(H,5,6)(H,7,8)/t14-;/m0./s1. The van der Waals surface area contributed by atoms with Crippen LogP contribution in [0.5, 0.6) is 0 Å². The minimum atomic E-state index is -1.26. The summed E-state index contributed by atoms with van der Waals surface area (Å²) in [4.78, 5) is 23.5. The molecule has 1 aliphatic heterocycles. The lowest BCUT2D eigenvalue weighted by atomic mass is 9.89. The Bertz CT molecular complexity index is 676. The van der Waals surface area contributed by atoms with Gasteiger partial charge in [0.2, 0.25) is 0 Å². The van der Waals surface area contributed by atoms with Crippen molar-refractivity contribution in [2.45, 2.75) is 25.3 Å². The van der Waals surface area contributed by atoms with E-state index in [0.29, 0.717) is 18.2 Å². The van der Waals surface area contributed by atoms with Crippen LogP contribution in [0.4, 0.5) is 0 Å². The van der Waals surface area contributed by atoms with Crippen molar-refractivity contribution in [3.05, 3.63) is 53.1 Å². The SMILES string of the molecule is C1=N[C@@H](CC2=Cc3ccccc3CC2)CN1.O=C(O)C=CC(=O)O. The molecule has 1 aromatic rings. The fourth-order valence-corrected chi connectivity index (χ4v) is 2.62. The van der Waals surface area contributed by atoms with Crippen LogP contribution >= 0.6 is 0 Å². The molecule has 0 aromatic heterocycles. The number of aliphatic imine (C=N–C) groups is 1. The molecule has 0 radical (unpaired) electrons. The minimum Gasteiger partial charge on any atom is -0.478 e. The molecule has 1 aliphatic carbocycles. The Kier molecular flexibility index (Phi) is 6.31. The zero-order valence-electron chi connectivity index (χ0n) is 13.2. The van der Waals surface area contributed by atoms with Crippen molar-refractivity contribution in [1.29, 1.82) is 0 Å². The molecule has 0 bridgehead atoms. The third-order valence-corrected chi connectivity index (χ3v) is 3.73. The van der Waals surface area contributed by atoms with E-state index in [4.69, 9.17) is 10.2 Å². The predicted octanol–water partition coefficient (Wildman–Crippen LogP) is 2.12. The Morgan fingerprint density at radius 1 is 1.17 bits per heavy atom. The summed E-state index contributed by atoms with van der Waals surface area (Å²) < 4.78 is 0. The molecule has 0 fully saturated rings. The number of nitrogens with one attached hydrogen (secondary N) is 1. The molecule has 24 heavy (non-hydrogen) atoms. The summed E-state index contributed by atoms with van der Waals surface area (Å²) in [5, 5.41) is 18.8. The zero-order chi connectivity index (χ0) is 17.4. The van der Waals surface area contributed by atoms with Gasteiger partial charge in [-0.2, -0.15) is 0 Å². The van der Waals surface area contributed by atoms with Crippen molar-refractivity contribution in [2.75, 3.05) is 6.54 Å². The smallest absolute Gasteiger partial charge is 0.328 e. The number of hydrogen-bond acceptors (Lipinski definition) is 4. The van der Waals surface area contributed by atoms with E-state index in [2.05, 4.69) is 40.7 Å². The summed E-state index contributed by atoms with van der Waals surface area (Å²) in [6.07, 6.45) is 8.80. The number of aryl methyl sites for hydroxylation is 1. The fourth-order valence-electron chi connectivity index (χ4n) is 2.62. The van der Waals surface area contributed by atoms with Gasteiger partial charge in [-0.1, -0.05) is 35.9 Å². The number of benzene rings is 1. The van der Waals surface area contributed by atoms with Gasteiger partial charge in [-0.15, -0.1) is 0 Å². The van der Waals surface area contributed by atoms with Gasteiger partial charge < -0.3 is 15.5 Å². The van der Waals surface area contributed by atoms with Crippen molar-refractivity contribution in [3.8, 4) is 0 Å². The number of carboxylic acid groups (broad SMARTS) is 2. The van der Waals surface area contributed by atoms with Gasteiger partial charge >= 0.3 is 11.9 Å². The van der Waals surface area contributed by atoms with Crippen LogP contribution in [0.3, 0.4) is 0 Å². The van der Waals surface area contributed by atoms with Gasteiger partial charge in [-0.3, -0.25) is 4.99 Å². The second-order valence-corrected chi connectivity index (χ2v) is 5.56. The number of hydrogen-bond donors (Lipinski definition) is 3. The third kappa shape index (κ3) is 5.72. The van der Waals surface area contributed by atoms with Gasteiger partial charge in [-0.25, -0.2) is 9.59 Å². The van der Waals surface area contributed by atoms with Crippen molar-refractivity contribution in [1.82, 2.24) is 5.32 Å². The highest BCUT2D eigenvalue weighted by Crippen LogP contribution is 2.26. The number of carboxylic acids is 2. The number of fused-ring (bicyclic) bond motifs is 1. The Labute approximate surface area is 140 Å². The average Bonchev–Trinajstić information content (AvgIpc) is 3.06. The second-order valence-electron chi connectivity index (χ2n) is 5.56. The van der Waals surface area contributed by atoms with Crippen molar-refractivity contribution in [2.24, 2.45) is 4.99 Å². The topological polar surface area (TPSA) is 99.0 Å². The molecular formula is C18H20N2O4. The van der Waals surface area contributed by atoms with Crippen LogP contribution in [-0.4, -0.2) is 41.1 Å². The summed E-state index contributed by atoms with van der Waals surface area (Å²) in [6.45, 7) is 0.999. The quantitative estimate of drug-likeness (QED) is 0.735. The predicted molar refractivity (Wildman–Crippen MR) is 92.1 cm³/mol. The Morgan fingerprint density at radius 2 is 1.88 bits per heavy atom. The van der Waals surface area contributed by atoms with Gasteiger partial charge in [0.15, 0.2) is 0 Å². The Balaban J connectivity index is 0.000000224. The van der Waals surface area contributed by atoms with Crippen molar-refractivity contribution in [3.63, 3.8) is 0 Å². The zero-order valence-corrected chi connectivity index (χ0v) is 13.2. The van der Waals surface area contributed by atoms with E-state index in [1.165, 1.54) is 24.0 Å². The molecule has 1 atom stereocenters. The van der Waals surface area contributed by atoms with Gasteiger partial charge in [0.25, 0.3) is 0 Å². The highest BCUT2D eigenvalue weighted by Gasteiger charge is 2.15. The third-order valence-electron chi connectivity index (χ3n) is 3.73. The first-order valence-corrected chi connectivity index (χ1v) is 7.71. The molecule has 3 rings (SSSR count). The molecule has 6 heteroatoms. The van der Waals surface area contributed by atoms with E-state index in [-0.39, 0.29) is 0 Å². The van der Waals surface area contributed by atoms with E-state index in [1.54, 1.807) is 5.57 Å². The number of nitrogens with zero attached hydrogens (tertiary/aromatic N) is 1. The average molecular weight is 328 g/mol. The van der Waals surface area contributed by atoms with Gasteiger partial charge in [0, 0.05) is 18.7 Å². The Morgan fingerprint density at radius 3 is 2.50 bits per heavy atom. The Hall–Kier alpha value is -2.89. The van der Waals surface area contributed by atoms with E-state index in [1.807, 2.05) is 6.34 Å². The van der Waals surface area contributed by atoms with Crippen LogP contribution in [0.1, 0.15) is 24.0 Å². The van der Waals surface area contributed by atoms with Crippen molar-refractivity contribution < 1.29 is 19.8 Å². The van der Waals surface area contributed by atoms with E-state index < -0.39 is 11.9 Å². The summed E-state index contributed by atoms with van der Waals surface area (Å²) in [5.41, 5.74) is 4.43. The maximum Gasteiger partial charge on any atom is 0.328 e. The molecule has 0 spiro atoms. The maximum atomic E-state index is 9.55. The molecule has 6 nitrogen and oxygen atoms in total. The van der Waals surface area contributed by atoms with Crippen LogP contribution in [0, 0.1) is 0 Å². The summed E-state index contributed by atoms with van der Waals surface area (Å²) >= 11 is 0. The molecule has 3 N–H and O–H groups in total. The highest BCUT2D eigenvalue weighted by atomic mass is 16.4. The molecule has 126 valence electrons. The first-order valence-electron chi connectivity index (χ1n) is 7.71. The van der Waals surface area contributed by atoms with Crippen LogP contribution < -0.4 is 5.32 Å². The fraction of sp³-hybridized carbons (Fsp3) is 0.278. The van der Waals surface area contributed by atoms with E-state index in [9.17, 15) is 9.59 Å². The molecule has 2 aliphatic rings. The van der Waals surface area contributed by atoms with Crippen LogP contribution in [-0.2, 0) is 16.0 Å². The minimum absolute atomic E-state index is 0.455.